The molecule has 3 heterocycles. The van der Waals surface area contributed by atoms with Crippen LogP contribution in [-0.4, -0.2) is 53.8 Å². The molecule has 0 fully saturated rings. The molecule has 0 spiro atoms. The van der Waals surface area contributed by atoms with Crippen molar-refractivity contribution in [1.29, 1.82) is 0 Å². The number of halogens is 1. The van der Waals surface area contributed by atoms with E-state index in [0.29, 0.717) is 30.0 Å². The van der Waals surface area contributed by atoms with Gasteiger partial charge in [0.2, 0.25) is 21.8 Å². The highest BCUT2D eigenvalue weighted by Gasteiger charge is 2.23. The Kier molecular flexibility index (Phi) is 6.37. The Bertz CT molecular complexity index is 1560. The first-order valence-corrected chi connectivity index (χ1v) is 12.8. The van der Waals surface area contributed by atoms with E-state index in [1.165, 1.54) is 29.6 Å². The number of nitrogens with zero attached hydrogens (tertiary/aromatic N) is 5. The van der Waals surface area contributed by atoms with Gasteiger partial charge < -0.3 is 9.64 Å². The van der Waals surface area contributed by atoms with Crippen LogP contribution in [0.4, 0.5) is 10.1 Å². The molecule has 0 atom stereocenters. The predicted octanol–water partition coefficient (Wildman–Crippen LogP) is 2.59. The molecule has 1 aliphatic heterocycles. The summed E-state index contributed by atoms with van der Waals surface area (Å²) in [6, 6.07) is 14.0. The van der Waals surface area contributed by atoms with Crippen LogP contribution in [0.2, 0.25) is 0 Å². The summed E-state index contributed by atoms with van der Waals surface area (Å²) in [6.07, 6.45) is 1.49. The summed E-state index contributed by atoms with van der Waals surface area (Å²) in [5.74, 6) is 0.117. The number of ether oxygens (including phenoxy) is 1. The molecule has 1 aliphatic rings. The number of sulfonamides is 1. The lowest BCUT2D eigenvalue weighted by atomic mass is 10.0. The molecule has 4 aromatic rings. The lowest BCUT2D eigenvalue weighted by Gasteiger charge is -2.28. The predicted molar refractivity (Wildman–Crippen MR) is 130 cm³/mol. The van der Waals surface area contributed by atoms with Gasteiger partial charge in [0.05, 0.1) is 4.90 Å². The van der Waals surface area contributed by atoms with Crippen molar-refractivity contribution in [2.45, 2.75) is 24.7 Å². The quantitative estimate of drug-likeness (QED) is 0.380. The minimum Gasteiger partial charge on any atom is -0.475 e. The van der Waals surface area contributed by atoms with Gasteiger partial charge in [0.15, 0.2) is 11.5 Å². The second-order valence-corrected chi connectivity index (χ2v) is 10.1. The molecule has 36 heavy (non-hydrogen) atoms. The third-order valence-electron chi connectivity index (χ3n) is 5.83. The average molecular weight is 511 g/mol. The van der Waals surface area contributed by atoms with Crippen molar-refractivity contribution >= 4 is 27.3 Å². The van der Waals surface area contributed by atoms with E-state index < -0.39 is 15.8 Å². The summed E-state index contributed by atoms with van der Waals surface area (Å²) >= 11 is 0. The van der Waals surface area contributed by atoms with Gasteiger partial charge in [-0.3, -0.25) is 4.79 Å². The molecule has 12 heteroatoms. The monoisotopic (exact) mass is 510 g/mol. The third kappa shape index (κ3) is 4.77. The van der Waals surface area contributed by atoms with Crippen LogP contribution in [-0.2, 0) is 21.2 Å². The molecular formula is C24H23FN6O4S. The van der Waals surface area contributed by atoms with E-state index in [4.69, 9.17) is 4.74 Å². The van der Waals surface area contributed by atoms with Gasteiger partial charge in [-0.25, -0.2) is 17.5 Å². The maximum absolute atomic E-state index is 13.6. The number of fused-ring (bicyclic) bond motifs is 2. The van der Waals surface area contributed by atoms with E-state index in [1.807, 2.05) is 0 Å². The van der Waals surface area contributed by atoms with Gasteiger partial charge in [-0.2, -0.15) is 4.52 Å². The van der Waals surface area contributed by atoms with Crippen molar-refractivity contribution < 1.29 is 22.3 Å². The zero-order valence-electron chi connectivity index (χ0n) is 19.4. The summed E-state index contributed by atoms with van der Waals surface area (Å²) in [4.78, 5) is 13.6. The second kappa shape index (κ2) is 9.63. The van der Waals surface area contributed by atoms with Crippen molar-refractivity contribution in [3.05, 3.63) is 66.0 Å². The van der Waals surface area contributed by atoms with Crippen molar-refractivity contribution in [2.75, 3.05) is 24.6 Å². The van der Waals surface area contributed by atoms with Gasteiger partial charge in [-0.15, -0.1) is 15.3 Å². The van der Waals surface area contributed by atoms with Gasteiger partial charge in [0, 0.05) is 37.3 Å². The van der Waals surface area contributed by atoms with Crippen LogP contribution in [0.25, 0.3) is 17.0 Å². The normalized spacial score (nSPS) is 13.6. The van der Waals surface area contributed by atoms with Crippen LogP contribution in [0, 0.1) is 5.82 Å². The topological polar surface area (TPSA) is 119 Å². The molecule has 0 unspecified atom stereocenters. The maximum Gasteiger partial charge on any atom is 0.240 e. The fourth-order valence-electron chi connectivity index (χ4n) is 4.14. The Balaban J connectivity index is 1.24. The van der Waals surface area contributed by atoms with E-state index in [9.17, 15) is 17.6 Å². The first-order chi connectivity index (χ1) is 17.3. The number of nitrogens with one attached hydrogen (secondary N) is 1. The van der Waals surface area contributed by atoms with Crippen LogP contribution in [0.5, 0.6) is 5.88 Å². The van der Waals surface area contributed by atoms with Gasteiger partial charge in [0.25, 0.3) is 0 Å². The SMILES string of the molecule is CC(=O)N1CCCc2cc(S(=O)(=O)NCCOc3ccc4nnc(-c5cccc(F)c5)n4n3)ccc21. The zero-order valence-corrected chi connectivity index (χ0v) is 20.2. The highest BCUT2D eigenvalue weighted by atomic mass is 32.2. The van der Waals surface area contributed by atoms with E-state index in [1.54, 1.807) is 41.3 Å². The molecule has 0 saturated carbocycles. The van der Waals surface area contributed by atoms with Gasteiger partial charge in [0.1, 0.15) is 12.4 Å². The van der Waals surface area contributed by atoms with Crippen LogP contribution in [0.1, 0.15) is 18.9 Å². The average Bonchev–Trinajstić information content (AvgIpc) is 3.29. The number of benzene rings is 2. The fourth-order valence-corrected chi connectivity index (χ4v) is 5.20. The van der Waals surface area contributed by atoms with Gasteiger partial charge >= 0.3 is 0 Å². The number of anilines is 1. The molecule has 0 bridgehead atoms. The highest BCUT2D eigenvalue weighted by Crippen LogP contribution is 2.29. The minimum atomic E-state index is -3.77. The molecule has 1 N–H and O–H groups in total. The van der Waals surface area contributed by atoms with E-state index in [-0.39, 0.29) is 29.8 Å². The molecule has 1 amide bonds. The summed E-state index contributed by atoms with van der Waals surface area (Å²) in [5.41, 5.74) is 2.55. The first-order valence-electron chi connectivity index (χ1n) is 11.3. The smallest absolute Gasteiger partial charge is 0.240 e. The Morgan fingerprint density at radius 1 is 1.14 bits per heavy atom. The number of amides is 1. The minimum absolute atomic E-state index is 0.0115. The molecule has 0 saturated heterocycles. The van der Waals surface area contributed by atoms with E-state index in [2.05, 4.69) is 20.0 Å². The lowest BCUT2D eigenvalue weighted by Crippen LogP contribution is -2.34. The number of hydrogen-bond donors (Lipinski definition) is 1. The van der Waals surface area contributed by atoms with Crippen molar-refractivity contribution in [3.63, 3.8) is 0 Å². The molecular weight excluding hydrogens is 487 g/mol. The molecule has 0 aliphatic carbocycles. The maximum atomic E-state index is 13.6. The molecule has 5 rings (SSSR count). The van der Waals surface area contributed by atoms with Crippen LogP contribution < -0.4 is 14.4 Å². The zero-order chi connectivity index (χ0) is 25.3. The molecule has 2 aromatic carbocycles. The standard InChI is InChI=1S/C24H23FN6O4S/c1-16(32)30-12-3-5-17-15-20(7-8-21(17)30)36(33,34)26-11-13-35-23-10-9-22-27-28-24(31(22)29-23)18-4-2-6-19(25)14-18/h2,4,6-10,14-15,26H,3,5,11-13H2,1H3. The van der Waals surface area contributed by atoms with Gasteiger partial charge in [-0.05, 0) is 54.8 Å². The van der Waals surface area contributed by atoms with Crippen molar-refractivity contribution in [3.8, 4) is 17.3 Å². The summed E-state index contributed by atoms with van der Waals surface area (Å²) in [6.45, 7) is 2.16. The summed E-state index contributed by atoms with van der Waals surface area (Å²) in [5, 5.41) is 12.4. The largest absolute Gasteiger partial charge is 0.475 e. The lowest BCUT2D eigenvalue weighted by molar-refractivity contribution is -0.116. The number of hydrogen-bond acceptors (Lipinski definition) is 7. The molecule has 10 nitrogen and oxygen atoms in total. The van der Waals surface area contributed by atoms with Gasteiger partial charge in [-0.1, -0.05) is 12.1 Å². The summed E-state index contributed by atoms with van der Waals surface area (Å²) in [7, 11) is -3.77. The Morgan fingerprint density at radius 2 is 2.00 bits per heavy atom. The number of carbonyl (C=O) groups excluding carboxylic acids is 1. The molecule has 186 valence electrons. The Labute approximate surface area is 206 Å². The number of aryl methyl sites for hydroxylation is 1. The second-order valence-electron chi connectivity index (χ2n) is 8.29. The van der Waals surface area contributed by atoms with Crippen LogP contribution in [0.3, 0.4) is 0 Å². The highest BCUT2D eigenvalue weighted by molar-refractivity contribution is 7.89. The Morgan fingerprint density at radius 3 is 2.81 bits per heavy atom. The molecule has 2 aromatic heterocycles. The number of aromatic nitrogens is 4. The van der Waals surface area contributed by atoms with Crippen LogP contribution >= 0.6 is 0 Å². The number of carbonyl (C=O) groups is 1. The van der Waals surface area contributed by atoms with Crippen molar-refractivity contribution in [2.24, 2.45) is 0 Å². The van der Waals surface area contributed by atoms with E-state index in [0.717, 1.165) is 17.7 Å². The Hall–Kier alpha value is -3.90. The summed E-state index contributed by atoms with van der Waals surface area (Å²) < 4.78 is 48.8. The van der Waals surface area contributed by atoms with Crippen LogP contribution in [0.15, 0.2) is 59.5 Å². The number of rotatable bonds is 7. The fraction of sp³-hybridized carbons (Fsp3) is 0.250. The first kappa shape index (κ1) is 23.8. The molecule has 0 radical (unpaired) electrons. The third-order valence-corrected chi connectivity index (χ3v) is 7.28. The van der Waals surface area contributed by atoms with E-state index >= 15 is 0 Å². The van der Waals surface area contributed by atoms with Crippen molar-refractivity contribution in [1.82, 2.24) is 24.5 Å².